The van der Waals surface area contributed by atoms with Gasteiger partial charge in [0.15, 0.2) is 6.29 Å². The first-order valence-corrected chi connectivity index (χ1v) is 4.55. The van der Waals surface area contributed by atoms with Crippen LogP contribution in [0.4, 0.5) is 0 Å². The van der Waals surface area contributed by atoms with Gasteiger partial charge in [0.05, 0.1) is 12.7 Å². The summed E-state index contributed by atoms with van der Waals surface area (Å²) >= 11 is 0. The molecule has 5 atom stereocenters. The van der Waals surface area contributed by atoms with Gasteiger partial charge < -0.3 is 25.2 Å². The molecule has 4 N–H and O–H groups in total. The molecule has 16 heavy (non-hydrogen) atoms. The van der Waals surface area contributed by atoms with Crippen LogP contribution in [-0.4, -0.2) is 51.6 Å². The Morgan fingerprint density at radius 2 is 1.44 bits per heavy atom. The number of hydrogen-bond acceptors (Lipinski definition) is 5. The first kappa shape index (κ1) is 17.3. The fourth-order valence-electron chi connectivity index (χ4n) is 1.23. The van der Waals surface area contributed by atoms with Crippen molar-refractivity contribution in [2.45, 2.75) is 31.5 Å². The molecule has 0 spiro atoms. The van der Waals surface area contributed by atoms with Crippen molar-refractivity contribution in [2.75, 3.05) is 6.61 Å². The van der Waals surface area contributed by atoms with Crippen molar-refractivity contribution >= 4 is 0 Å². The smallest absolute Gasteiger partial charge is 0.160 e. The third kappa shape index (κ3) is 4.19. The van der Waals surface area contributed by atoms with E-state index in [1.807, 2.05) is 0 Å². The first-order valence-electron chi connectivity index (χ1n) is 4.55. The molecule has 0 bridgehead atoms. The normalized spacial score (nSPS) is 37.2. The lowest BCUT2D eigenvalue weighted by Gasteiger charge is -2.38. The van der Waals surface area contributed by atoms with Crippen molar-refractivity contribution in [3.63, 3.8) is 0 Å². The second-order valence-electron chi connectivity index (χ2n) is 3.09. The number of ether oxygens (including phenoxy) is 1. The molecule has 1 saturated heterocycles. The van der Waals surface area contributed by atoms with Gasteiger partial charge in [-0.2, -0.15) is 0 Å². The van der Waals surface area contributed by atoms with Crippen LogP contribution >= 0.6 is 0 Å². The maximum absolute atomic E-state index is 9.32. The van der Waals surface area contributed by atoms with Gasteiger partial charge in [0.25, 0.3) is 0 Å². The highest BCUT2D eigenvalue weighted by Crippen LogP contribution is 2.23. The number of aliphatic hydroxyl groups excluding tert-OH is 4. The lowest BCUT2D eigenvalue weighted by molar-refractivity contribution is -0.266. The quantitative estimate of drug-likeness (QED) is 0.414. The van der Waals surface area contributed by atoms with Crippen molar-refractivity contribution in [3.8, 4) is 25.7 Å². The van der Waals surface area contributed by atoms with Gasteiger partial charge >= 0.3 is 0 Å². The number of terminal acetylenes is 2. The summed E-state index contributed by atoms with van der Waals surface area (Å²) in [5.74, 6) is -0.539. The van der Waals surface area contributed by atoms with E-state index in [4.69, 9.17) is 14.9 Å². The third-order valence-electron chi connectivity index (χ3n) is 2.21. The van der Waals surface area contributed by atoms with E-state index in [1.54, 1.807) is 6.92 Å². The molecule has 0 aromatic rings. The summed E-state index contributed by atoms with van der Waals surface area (Å²) in [6.07, 6.45) is 11.8. The summed E-state index contributed by atoms with van der Waals surface area (Å²) in [4.78, 5) is 0. The Balaban J connectivity index is 0. The Kier molecular flexibility index (Phi) is 9.92. The molecule has 0 radical (unpaired) electrons. The van der Waals surface area contributed by atoms with Crippen LogP contribution in [-0.2, 0) is 4.74 Å². The molecule has 0 unspecified atom stereocenters. The molecule has 92 valence electrons. The minimum atomic E-state index is -1.13. The van der Waals surface area contributed by atoms with E-state index in [1.165, 1.54) is 0 Å². The highest BCUT2D eigenvalue weighted by Gasteiger charge is 2.40. The van der Waals surface area contributed by atoms with Crippen molar-refractivity contribution in [1.82, 2.24) is 0 Å². The number of aliphatic hydroxyl groups is 4. The number of hydrogen-bond donors (Lipinski definition) is 4. The van der Waals surface area contributed by atoms with E-state index in [2.05, 4.69) is 25.7 Å². The molecule has 0 aromatic heterocycles. The van der Waals surface area contributed by atoms with Crippen molar-refractivity contribution in [1.29, 1.82) is 0 Å². The van der Waals surface area contributed by atoms with Crippen LogP contribution in [0.1, 0.15) is 6.92 Å². The summed E-state index contributed by atoms with van der Waals surface area (Å²) in [6, 6.07) is 0. The Morgan fingerprint density at radius 1 is 1.00 bits per heavy atom. The van der Waals surface area contributed by atoms with Crippen LogP contribution in [0.25, 0.3) is 0 Å². The maximum atomic E-state index is 9.32. The summed E-state index contributed by atoms with van der Waals surface area (Å²) in [7, 11) is 0. The van der Waals surface area contributed by atoms with E-state index in [9.17, 15) is 10.2 Å². The van der Waals surface area contributed by atoms with Gasteiger partial charge in [-0.3, -0.25) is 0 Å². The van der Waals surface area contributed by atoms with Crippen LogP contribution in [0, 0.1) is 31.6 Å². The predicted molar refractivity (Wildman–Crippen MR) is 58.9 cm³/mol. The van der Waals surface area contributed by atoms with Crippen LogP contribution in [0.15, 0.2) is 0 Å². The molecule has 5 nitrogen and oxygen atoms in total. The Labute approximate surface area is 95.7 Å². The maximum Gasteiger partial charge on any atom is 0.160 e. The van der Waals surface area contributed by atoms with Crippen molar-refractivity contribution in [3.05, 3.63) is 0 Å². The SMILES string of the molecule is C#C.C#C.C[C@H]1[C@H](O)[C@@H](O)[C@H](CO)O[C@H]1O. The summed E-state index contributed by atoms with van der Waals surface area (Å²) in [6.45, 7) is 1.15. The van der Waals surface area contributed by atoms with Crippen molar-refractivity contribution < 1.29 is 25.2 Å². The van der Waals surface area contributed by atoms with Crippen LogP contribution in [0.3, 0.4) is 0 Å². The zero-order chi connectivity index (χ0) is 13.3. The summed E-state index contributed by atoms with van der Waals surface area (Å²) in [5.41, 5.74) is 0. The lowest BCUT2D eigenvalue weighted by Crippen LogP contribution is -2.54. The zero-order valence-corrected chi connectivity index (χ0v) is 9.10. The van der Waals surface area contributed by atoms with Gasteiger partial charge in [0.2, 0.25) is 0 Å². The topological polar surface area (TPSA) is 90.2 Å². The molecule has 1 aliphatic rings. The fourth-order valence-corrected chi connectivity index (χ4v) is 1.23. The van der Waals surface area contributed by atoms with E-state index in [-0.39, 0.29) is 0 Å². The van der Waals surface area contributed by atoms with Gasteiger partial charge in [-0.1, -0.05) is 6.92 Å². The molecule has 1 rings (SSSR count). The highest BCUT2D eigenvalue weighted by atomic mass is 16.6. The third-order valence-corrected chi connectivity index (χ3v) is 2.21. The van der Waals surface area contributed by atoms with Crippen molar-refractivity contribution in [2.24, 2.45) is 5.92 Å². The minimum absolute atomic E-state index is 0.415. The fraction of sp³-hybridized carbons (Fsp3) is 0.636. The molecular formula is C11H18O5. The average Bonchev–Trinajstić information content (AvgIpc) is 2.36. The number of rotatable bonds is 1. The Hall–Kier alpha value is -1.08. The standard InChI is InChI=1S/C7H14O5.2C2H2/c1-3-5(9)6(10)4(2-8)12-7(3)11;2*1-2/h3-11H,2H2,1H3;2*1-2H/t3-,4-,5-,6-,7+;;/m0../s1. The van der Waals surface area contributed by atoms with Gasteiger partial charge in [-0.15, -0.1) is 25.7 Å². The Morgan fingerprint density at radius 3 is 1.81 bits per heavy atom. The van der Waals surface area contributed by atoms with Crippen LogP contribution in [0.2, 0.25) is 0 Å². The van der Waals surface area contributed by atoms with Gasteiger partial charge in [-0.25, -0.2) is 0 Å². The molecule has 0 amide bonds. The second kappa shape index (κ2) is 9.17. The van der Waals surface area contributed by atoms with Crippen LogP contribution < -0.4 is 0 Å². The molecule has 0 saturated carbocycles. The van der Waals surface area contributed by atoms with Crippen LogP contribution in [0.5, 0.6) is 0 Å². The molecule has 1 aliphatic heterocycles. The van der Waals surface area contributed by atoms with Gasteiger partial charge in [0.1, 0.15) is 12.2 Å². The second-order valence-corrected chi connectivity index (χ2v) is 3.09. The van der Waals surface area contributed by atoms with E-state index in [0.717, 1.165) is 0 Å². The van der Waals surface area contributed by atoms with E-state index >= 15 is 0 Å². The Bertz CT molecular complexity index is 202. The zero-order valence-electron chi connectivity index (χ0n) is 9.10. The molecule has 0 aromatic carbocycles. The average molecular weight is 230 g/mol. The minimum Gasteiger partial charge on any atom is -0.394 e. The van der Waals surface area contributed by atoms with Gasteiger partial charge in [-0.05, 0) is 0 Å². The molecule has 1 fully saturated rings. The summed E-state index contributed by atoms with van der Waals surface area (Å²) < 4.78 is 4.83. The van der Waals surface area contributed by atoms with E-state index < -0.39 is 37.1 Å². The van der Waals surface area contributed by atoms with E-state index in [0.29, 0.717) is 0 Å². The molecule has 1 heterocycles. The molecule has 0 aliphatic carbocycles. The highest BCUT2D eigenvalue weighted by molar-refractivity contribution is 4.86. The molecular weight excluding hydrogens is 212 g/mol. The summed E-state index contributed by atoms with van der Waals surface area (Å²) in [5, 5.41) is 36.4. The van der Waals surface area contributed by atoms with Gasteiger partial charge in [0, 0.05) is 5.92 Å². The first-order chi connectivity index (χ1) is 7.57. The monoisotopic (exact) mass is 230 g/mol. The molecule has 5 heteroatoms. The predicted octanol–water partition coefficient (Wildman–Crippen LogP) is -1.45. The lowest BCUT2D eigenvalue weighted by atomic mass is 9.93. The largest absolute Gasteiger partial charge is 0.394 e.